The molecule has 0 aliphatic carbocycles. The number of benzene rings is 3. The Labute approximate surface area is 187 Å². The van der Waals surface area contributed by atoms with Crippen molar-refractivity contribution in [3.05, 3.63) is 89.0 Å². The van der Waals surface area contributed by atoms with Crippen LogP contribution in [0.4, 0.5) is 11.4 Å². The number of rotatable bonds is 7. The van der Waals surface area contributed by atoms with Crippen molar-refractivity contribution < 1.29 is 18.0 Å². The van der Waals surface area contributed by atoms with Gasteiger partial charge in [-0.2, -0.15) is 0 Å². The molecule has 3 N–H and O–H groups in total. The molecule has 0 radical (unpaired) electrons. The Bertz CT molecular complexity index is 1230. The fourth-order valence-corrected chi connectivity index (χ4v) is 4.70. The van der Waals surface area contributed by atoms with Crippen molar-refractivity contribution in [1.82, 2.24) is 0 Å². The number of hydrogen-bond donors (Lipinski definition) is 2. The topological polar surface area (TPSA) is 110 Å². The summed E-state index contributed by atoms with van der Waals surface area (Å²) in [5, 5.41) is 2.67. The third-order valence-electron chi connectivity index (χ3n) is 4.84. The summed E-state index contributed by atoms with van der Waals surface area (Å²) in [6.45, 7) is 5.19. The number of aryl methyl sites for hydroxylation is 3. The highest BCUT2D eigenvalue weighted by Crippen LogP contribution is 2.26. The number of carbonyl (C=O) groups is 2. The lowest BCUT2D eigenvalue weighted by molar-refractivity contribution is -0.114. The van der Waals surface area contributed by atoms with Gasteiger partial charge in [0, 0.05) is 11.3 Å². The van der Waals surface area contributed by atoms with E-state index in [1.165, 1.54) is 36.4 Å². The molecule has 166 valence electrons. The van der Waals surface area contributed by atoms with E-state index in [9.17, 15) is 18.0 Å². The summed E-state index contributed by atoms with van der Waals surface area (Å²) in [4.78, 5) is 24.1. The first kappa shape index (κ1) is 23.0. The minimum Gasteiger partial charge on any atom is -0.366 e. The predicted octanol–water partition coefficient (Wildman–Crippen LogP) is 3.54. The summed E-state index contributed by atoms with van der Waals surface area (Å²) in [7, 11) is -4.00. The molecule has 0 bridgehead atoms. The molecule has 0 saturated carbocycles. The van der Waals surface area contributed by atoms with Crippen LogP contribution in [0.15, 0.2) is 71.6 Å². The van der Waals surface area contributed by atoms with Crippen LogP contribution in [0.5, 0.6) is 0 Å². The summed E-state index contributed by atoms with van der Waals surface area (Å²) in [6, 6.07) is 17.9. The van der Waals surface area contributed by atoms with Gasteiger partial charge in [0.05, 0.1) is 10.6 Å². The Hall–Kier alpha value is -3.65. The largest absolute Gasteiger partial charge is 0.366 e. The molecule has 0 heterocycles. The molecule has 0 aromatic heterocycles. The summed E-state index contributed by atoms with van der Waals surface area (Å²) in [6.07, 6.45) is 0. The average molecular weight is 452 g/mol. The van der Waals surface area contributed by atoms with Crippen molar-refractivity contribution in [3.63, 3.8) is 0 Å². The molecule has 0 atom stereocenters. The molecule has 3 rings (SSSR count). The molecule has 0 spiro atoms. The van der Waals surface area contributed by atoms with Crippen molar-refractivity contribution in [2.24, 2.45) is 5.73 Å². The van der Waals surface area contributed by atoms with E-state index < -0.39 is 28.4 Å². The van der Waals surface area contributed by atoms with Crippen molar-refractivity contribution in [1.29, 1.82) is 0 Å². The van der Waals surface area contributed by atoms with Crippen LogP contribution in [0.1, 0.15) is 27.0 Å². The second kappa shape index (κ2) is 9.23. The number of anilines is 2. The zero-order chi connectivity index (χ0) is 23.5. The standard InChI is InChI=1S/C24H25N3O4S/c1-16-4-10-22(11-5-16)32(30,31)27(21-13-17(2)12-18(3)14-21)15-23(28)26-20-8-6-19(7-9-20)24(25)29/h4-14H,15H2,1-3H3,(H2,25,29)(H,26,28). The van der Waals surface area contributed by atoms with Gasteiger partial charge in [-0.05, 0) is 80.4 Å². The number of nitrogens with one attached hydrogen (secondary N) is 1. The Morgan fingerprint density at radius 3 is 1.94 bits per heavy atom. The molecule has 8 heteroatoms. The van der Waals surface area contributed by atoms with E-state index in [0.717, 1.165) is 21.0 Å². The molecule has 0 fully saturated rings. The smallest absolute Gasteiger partial charge is 0.264 e. The van der Waals surface area contributed by atoms with Crippen molar-refractivity contribution in [3.8, 4) is 0 Å². The minimum absolute atomic E-state index is 0.0980. The number of amides is 2. The van der Waals surface area contributed by atoms with Gasteiger partial charge in [-0.3, -0.25) is 13.9 Å². The number of carbonyl (C=O) groups excluding carboxylic acids is 2. The third kappa shape index (κ3) is 5.33. The van der Waals surface area contributed by atoms with Gasteiger partial charge in [-0.25, -0.2) is 8.42 Å². The third-order valence-corrected chi connectivity index (χ3v) is 6.63. The van der Waals surface area contributed by atoms with Crippen LogP contribution in [-0.4, -0.2) is 26.8 Å². The Kier molecular flexibility index (Phi) is 6.64. The van der Waals surface area contributed by atoms with Gasteiger partial charge in [-0.1, -0.05) is 23.8 Å². The highest BCUT2D eigenvalue weighted by atomic mass is 32.2. The molecule has 3 aromatic carbocycles. The molecule has 2 amide bonds. The number of sulfonamides is 1. The molecule has 0 unspecified atom stereocenters. The van der Waals surface area contributed by atoms with Crippen molar-refractivity contribution in [2.75, 3.05) is 16.2 Å². The van der Waals surface area contributed by atoms with E-state index >= 15 is 0 Å². The molecule has 0 aliphatic rings. The first-order valence-corrected chi connectivity index (χ1v) is 11.4. The number of primary amides is 1. The number of hydrogen-bond acceptors (Lipinski definition) is 4. The van der Waals surface area contributed by atoms with E-state index in [2.05, 4.69) is 5.32 Å². The van der Waals surface area contributed by atoms with Crippen LogP contribution in [0.25, 0.3) is 0 Å². The Morgan fingerprint density at radius 2 is 1.41 bits per heavy atom. The van der Waals surface area contributed by atoms with Gasteiger partial charge in [0.1, 0.15) is 6.54 Å². The maximum atomic E-state index is 13.5. The summed E-state index contributed by atoms with van der Waals surface area (Å²) in [5.74, 6) is -1.10. The zero-order valence-electron chi connectivity index (χ0n) is 18.1. The van der Waals surface area contributed by atoms with Gasteiger partial charge in [0.15, 0.2) is 0 Å². The van der Waals surface area contributed by atoms with E-state index in [0.29, 0.717) is 16.9 Å². The van der Waals surface area contributed by atoms with E-state index in [1.807, 2.05) is 26.8 Å². The monoisotopic (exact) mass is 451 g/mol. The molecule has 0 saturated heterocycles. The molecule has 0 aliphatic heterocycles. The maximum absolute atomic E-state index is 13.5. The first-order valence-electron chi connectivity index (χ1n) is 9.94. The maximum Gasteiger partial charge on any atom is 0.264 e. The van der Waals surface area contributed by atoms with Crippen LogP contribution >= 0.6 is 0 Å². The predicted molar refractivity (Wildman–Crippen MR) is 125 cm³/mol. The van der Waals surface area contributed by atoms with Crippen molar-refractivity contribution >= 4 is 33.2 Å². The van der Waals surface area contributed by atoms with Gasteiger partial charge in [-0.15, -0.1) is 0 Å². The van der Waals surface area contributed by atoms with Crippen LogP contribution in [0.3, 0.4) is 0 Å². The van der Waals surface area contributed by atoms with Gasteiger partial charge in [0.25, 0.3) is 10.0 Å². The van der Waals surface area contributed by atoms with Gasteiger partial charge >= 0.3 is 0 Å². The Morgan fingerprint density at radius 1 is 0.844 bits per heavy atom. The lowest BCUT2D eigenvalue weighted by Gasteiger charge is -2.25. The molecular weight excluding hydrogens is 426 g/mol. The lowest BCUT2D eigenvalue weighted by atomic mass is 10.1. The quantitative estimate of drug-likeness (QED) is 0.572. The molecule has 32 heavy (non-hydrogen) atoms. The molecular formula is C24H25N3O4S. The van der Waals surface area contributed by atoms with E-state index in [1.54, 1.807) is 24.3 Å². The zero-order valence-corrected chi connectivity index (χ0v) is 18.9. The second-order valence-electron chi connectivity index (χ2n) is 7.66. The Balaban J connectivity index is 1.94. The summed E-state index contributed by atoms with van der Waals surface area (Å²) in [5.41, 5.74) is 9.06. The number of nitrogens with zero attached hydrogens (tertiary/aromatic N) is 1. The fourth-order valence-electron chi connectivity index (χ4n) is 3.30. The summed E-state index contributed by atoms with van der Waals surface area (Å²) >= 11 is 0. The summed E-state index contributed by atoms with van der Waals surface area (Å²) < 4.78 is 28.0. The second-order valence-corrected chi connectivity index (χ2v) is 9.52. The van der Waals surface area contributed by atoms with E-state index in [4.69, 9.17) is 5.73 Å². The fraction of sp³-hybridized carbons (Fsp3) is 0.167. The van der Waals surface area contributed by atoms with Gasteiger partial charge < -0.3 is 11.1 Å². The molecule has 7 nitrogen and oxygen atoms in total. The molecule has 3 aromatic rings. The SMILES string of the molecule is Cc1ccc(S(=O)(=O)N(CC(=O)Nc2ccc(C(N)=O)cc2)c2cc(C)cc(C)c2)cc1. The normalized spacial score (nSPS) is 11.1. The van der Waals surface area contributed by atoms with Crippen LogP contribution in [-0.2, 0) is 14.8 Å². The van der Waals surface area contributed by atoms with E-state index in [-0.39, 0.29) is 4.90 Å². The van der Waals surface area contributed by atoms with Gasteiger partial charge in [0.2, 0.25) is 11.8 Å². The van der Waals surface area contributed by atoms with Crippen molar-refractivity contribution in [2.45, 2.75) is 25.7 Å². The van der Waals surface area contributed by atoms with Crippen LogP contribution in [0.2, 0.25) is 0 Å². The highest BCUT2D eigenvalue weighted by molar-refractivity contribution is 7.92. The number of nitrogens with two attached hydrogens (primary N) is 1. The lowest BCUT2D eigenvalue weighted by Crippen LogP contribution is -2.38. The average Bonchev–Trinajstić information content (AvgIpc) is 2.72. The minimum atomic E-state index is -4.00. The first-order chi connectivity index (χ1) is 15.1. The van der Waals surface area contributed by atoms with Crippen LogP contribution < -0.4 is 15.4 Å². The highest BCUT2D eigenvalue weighted by Gasteiger charge is 2.27. The van der Waals surface area contributed by atoms with Crippen LogP contribution in [0, 0.1) is 20.8 Å².